The zero-order chi connectivity index (χ0) is 20.1. The Bertz CT molecular complexity index is 1030. The number of methoxy groups -OCH3 is 2. The molecule has 1 N–H and O–H groups in total. The van der Waals surface area contributed by atoms with Crippen molar-refractivity contribution in [1.29, 1.82) is 0 Å². The molecule has 0 fully saturated rings. The molecule has 0 aliphatic heterocycles. The van der Waals surface area contributed by atoms with Crippen molar-refractivity contribution in [3.8, 4) is 5.13 Å². The lowest BCUT2D eigenvalue weighted by atomic mass is 10.1. The van der Waals surface area contributed by atoms with Crippen LogP contribution in [0.3, 0.4) is 0 Å². The normalized spacial score (nSPS) is 11.9. The van der Waals surface area contributed by atoms with Crippen LogP contribution in [0.4, 0.5) is 0 Å². The first-order chi connectivity index (χ1) is 13.5. The minimum absolute atomic E-state index is 0.0517. The van der Waals surface area contributed by atoms with Gasteiger partial charge >= 0.3 is 5.97 Å². The number of nitrogens with zero attached hydrogens (tertiary/aromatic N) is 3. The number of aliphatic imine (C=N–C) groups is 1. The van der Waals surface area contributed by atoms with Crippen LogP contribution in [-0.2, 0) is 20.7 Å². The Kier molecular flexibility index (Phi) is 6.37. The van der Waals surface area contributed by atoms with Gasteiger partial charge in [-0.15, -0.1) is 0 Å². The number of H-pyrrole nitrogens is 1. The molecule has 0 amide bonds. The monoisotopic (exact) mass is 402 g/mol. The largest absolute Gasteiger partial charge is 0.469 e. The average molecular weight is 402 g/mol. The van der Waals surface area contributed by atoms with Gasteiger partial charge in [0.15, 0.2) is 0 Å². The molecule has 2 aromatic heterocycles. The van der Waals surface area contributed by atoms with Gasteiger partial charge in [0.05, 0.1) is 35.0 Å². The number of rotatable bonds is 8. The summed E-state index contributed by atoms with van der Waals surface area (Å²) in [5.74, 6) is -0.439. The smallest absolute Gasteiger partial charge is 0.311 e. The van der Waals surface area contributed by atoms with Crippen LogP contribution in [0.2, 0.25) is 0 Å². The summed E-state index contributed by atoms with van der Waals surface area (Å²) in [6.07, 6.45) is 0.695. The van der Waals surface area contributed by atoms with Gasteiger partial charge in [-0.2, -0.15) is 4.68 Å². The molecule has 1 aromatic carbocycles. The van der Waals surface area contributed by atoms with Crippen molar-refractivity contribution < 1.29 is 14.3 Å². The summed E-state index contributed by atoms with van der Waals surface area (Å²) in [6, 6.07) is 7.66. The zero-order valence-corrected chi connectivity index (χ0v) is 16.8. The van der Waals surface area contributed by atoms with E-state index in [-0.39, 0.29) is 12.0 Å². The molecule has 148 valence electrons. The van der Waals surface area contributed by atoms with Crippen molar-refractivity contribution in [3.63, 3.8) is 0 Å². The first-order valence-corrected chi connectivity index (χ1v) is 9.63. The highest BCUT2D eigenvalue weighted by molar-refractivity contribution is 7.20. The molecule has 9 heteroatoms. The number of hydrogen-bond acceptors (Lipinski definition) is 7. The van der Waals surface area contributed by atoms with Crippen LogP contribution >= 0.6 is 11.3 Å². The Balaban J connectivity index is 2.04. The summed E-state index contributed by atoms with van der Waals surface area (Å²) in [5.41, 5.74) is 1.93. The second-order valence-corrected chi connectivity index (χ2v) is 7.15. The van der Waals surface area contributed by atoms with Gasteiger partial charge < -0.3 is 9.47 Å². The van der Waals surface area contributed by atoms with Crippen molar-refractivity contribution in [3.05, 3.63) is 45.9 Å². The fourth-order valence-electron chi connectivity index (χ4n) is 2.83. The van der Waals surface area contributed by atoms with E-state index in [4.69, 9.17) is 9.47 Å². The number of hydrogen-bond donors (Lipinski definition) is 1. The van der Waals surface area contributed by atoms with Gasteiger partial charge in [-0.3, -0.25) is 19.7 Å². The third-order valence-corrected chi connectivity index (χ3v) is 5.23. The van der Waals surface area contributed by atoms with Crippen LogP contribution in [-0.4, -0.2) is 53.8 Å². The van der Waals surface area contributed by atoms with Gasteiger partial charge in [0.2, 0.25) is 5.13 Å². The van der Waals surface area contributed by atoms with Crippen LogP contribution in [0.25, 0.3) is 15.3 Å². The summed E-state index contributed by atoms with van der Waals surface area (Å²) in [4.78, 5) is 33.9. The molecule has 0 spiro atoms. The quantitative estimate of drug-likeness (QED) is 0.354. The fraction of sp³-hybridized carbons (Fsp3) is 0.368. The van der Waals surface area contributed by atoms with E-state index in [0.29, 0.717) is 35.3 Å². The molecule has 0 saturated carbocycles. The Morgan fingerprint density at radius 1 is 1.32 bits per heavy atom. The topological polar surface area (TPSA) is 98.6 Å². The highest BCUT2D eigenvalue weighted by Gasteiger charge is 2.21. The van der Waals surface area contributed by atoms with Crippen LogP contribution in [0, 0.1) is 0 Å². The third kappa shape index (κ3) is 4.20. The number of aromatic amines is 1. The van der Waals surface area contributed by atoms with E-state index in [0.717, 1.165) is 16.6 Å². The maximum absolute atomic E-state index is 13.1. The van der Waals surface area contributed by atoms with Crippen LogP contribution < -0.4 is 5.56 Å². The number of aromatic nitrogens is 3. The molecule has 3 rings (SSSR count). The lowest BCUT2D eigenvalue weighted by molar-refractivity contribution is -0.139. The van der Waals surface area contributed by atoms with Crippen molar-refractivity contribution in [2.24, 2.45) is 4.99 Å². The van der Waals surface area contributed by atoms with Crippen molar-refractivity contribution in [2.45, 2.75) is 19.8 Å². The van der Waals surface area contributed by atoms with Crippen molar-refractivity contribution >= 4 is 33.2 Å². The summed E-state index contributed by atoms with van der Waals surface area (Å²) in [5, 5.41) is 3.53. The van der Waals surface area contributed by atoms with Gasteiger partial charge in [-0.1, -0.05) is 23.5 Å². The summed E-state index contributed by atoms with van der Waals surface area (Å²) in [6.45, 7) is 2.89. The number of benzene rings is 1. The van der Waals surface area contributed by atoms with Gasteiger partial charge in [0, 0.05) is 26.0 Å². The summed E-state index contributed by atoms with van der Waals surface area (Å²) < 4.78 is 12.1. The predicted octanol–water partition coefficient (Wildman–Crippen LogP) is 2.34. The highest BCUT2D eigenvalue weighted by Crippen LogP contribution is 2.23. The fourth-order valence-corrected chi connectivity index (χ4v) is 3.75. The van der Waals surface area contributed by atoms with Crippen molar-refractivity contribution in [1.82, 2.24) is 14.8 Å². The Morgan fingerprint density at radius 2 is 2.11 bits per heavy atom. The standard InChI is InChI=1S/C19H22N4O4S/c1-12(20-9-6-10-26-2)17-14(11-16(24)27-3)22-23(18(17)25)19-21-13-7-4-5-8-15(13)28-19/h4-5,7-8,22H,6,9-11H2,1-3H3. The van der Waals surface area contributed by atoms with E-state index in [1.54, 1.807) is 14.0 Å². The van der Waals surface area contributed by atoms with E-state index in [9.17, 15) is 9.59 Å². The molecule has 0 atom stereocenters. The minimum Gasteiger partial charge on any atom is -0.469 e. The number of para-hydroxylation sites is 1. The van der Waals surface area contributed by atoms with Crippen LogP contribution in [0.15, 0.2) is 34.1 Å². The molecule has 3 aromatic rings. The number of fused-ring (bicyclic) bond motifs is 1. The molecule has 28 heavy (non-hydrogen) atoms. The minimum atomic E-state index is -0.439. The maximum Gasteiger partial charge on any atom is 0.311 e. The molecular formula is C19H22N4O4S. The van der Waals surface area contributed by atoms with Gasteiger partial charge in [-0.05, 0) is 25.5 Å². The molecular weight excluding hydrogens is 380 g/mol. The van der Waals surface area contributed by atoms with Crippen LogP contribution in [0.1, 0.15) is 24.6 Å². The molecule has 2 heterocycles. The number of thiazole rings is 1. The van der Waals surface area contributed by atoms with Gasteiger partial charge in [-0.25, -0.2) is 4.98 Å². The van der Waals surface area contributed by atoms with Gasteiger partial charge in [0.1, 0.15) is 0 Å². The lowest BCUT2D eigenvalue weighted by Gasteiger charge is -2.02. The number of carbonyl (C=O) groups is 1. The van der Waals surface area contributed by atoms with E-state index in [1.807, 2.05) is 24.3 Å². The molecule has 0 aliphatic carbocycles. The molecule has 0 saturated heterocycles. The van der Waals surface area contributed by atoms with E-state index in [2.05, 4.69) is 15.1 Å². The Labute approximate surface area is 165 Å². The second kappa shape index (κ2) is 8.94. The first-order valence-electron chi connectivity index (χ1n) is 8.82. The SMILES string of the molecule is COCCCN=C(C)c1c(CC(=O)OC)[nH]n(-c2nc3ccccc3s2)c1=O. The summed E-state index contributed by atoms with van der Waals surface area (Å²) >= 11 is 1.40. The molecule has 0 unspecified atom stereocenters. The van der Waals surface area contributed by atoms with E-state index >= 15 is 0 Å². The summed E-state index contributed by atoms with van der Waals surface area (Å²) in [7, 11) is 2.95. The number of esters is 1. The number of ether oxygens (including phenoxy) is 2. The second-order valence-electron chi connectivity index (χ2n) is 6.14. The van der Waals surface area contributed by atoms with E-state index in [1.165, 1.54) is 23.1 Å². The number of carbonyl (C=O) groups excluding carboxylic acids is 1. The van der Waals surface area contributed by atoms with Gasteiger partial charge in [0.25, 0.3) is 5.56 Å². The average Bonchev–Trinajstić information content (AvgIpc) is 3.25. The third-order valence-electron chi connectivity index (χ3n) is 4.21. The molecule has 0 bridgehead atoms. The lowest BCUT2D eigenvalue weighted by Crippen LogP contribution is -2.20. The maximum atomic E-state index is 13.1. The van der Waals surface area contributed by atoms with Crippen molar-refractivity contribution in [2.75, 3.05) is 27.4 Å². The highest BCUT2D eigenvalue weighted by atomic mass is 32.1. The Morgan fingerprint density at radius 3 is 2.82 bits per heavy atom. The predicted molar refractivity (Wildman–Crippen MR) is 109 cm³/mol. The van der Waals surface area contributed by atoms with Crippen LogP contribution in [0.5, 0.6) is 0 Å². The molecule has 8 nitrogen and oxygen atoms in total. The first kappa shape index (κ1) is 20.0. The number of nitrogens with one attached hydrogen (secondary N) is 1. The van der Waals surface area contributed by atoms with E-state index < -0.39 is 5.97 Å². The molecule has 0 aliphatic rings. The Hall–Kier alpha value is -2.78. The molecule has 0 radical (unpaired) electrons. The zero-order valence-electron chi connectivity index (χ0n) is 16.0.